The van der Waals surface area contributed by atoms with Crippen LogP contribution in [0.4, 0.5) is 0 Å². The molecule has 0 aromatic carbocycles. The minimum Gasteiger partial charge on any atom is -0.376 e. The standard InChI is InChI=1S/C11H15N3O2/c15-11(7-1-2-7)12-5-10-8-6-16-4-3-9(8)13-14-10/h7H,1-6H2,(H,12,15)(H,13,14). The quantitative estimate of drug-likeness (QED) is 0.781. The van der Waals surface area contributed by atoms with Gasteiger partial charge in [0.15, 0.2) is 0 Å². The zero-order valence-corrected chi connectivity index (χ0v) is 9.08. The van der Waals surface area contributed by atoms with Gasteiger partial charge in [0.25, 0.3) is 0 Å². The first-order valence-electron chi connectivity index (χ1n) is 5.75. The van der Waals surface area contributed by atoms with Gasteiger partial charge in [-0.05, 0) is 12.8 Å². The van der Waals surface area contributed by atoms with Gasteiger partial charge in [0.05, 0.1) is 25.5 Å². The van der Waals surface area contributed by atoms with Crippen molar-refractivity contribution in [3.63, 3.8) is 0 Å². The molecule has 2 aliphatic rings. The van der Waals surface area contributed by atoms with Crippen LogP contribution in [0.5, 0.6) is 0 Å². The highest BCUT2D eigenvalue weighted by molar-refractivity contribution is 5.80. The predicted molar refractivity (Wildman–Crippen MR) is 56.5 cm³/mol. The lowest BCUT2D eigenvalue weighted by Crippen LogP contribution is -2.25. The molecule has 1 saturated carbocycles. The van der Waals surface area contributed by atoms with Gasteiger partial charge in [-0.2, -0.15) is 5.10 Å². The van der Waals surface area contributed by atoms with Crippen molar-refractivity contribution in [3.05, 3.63) is 17.0 Å². The van der Waals surface area contributed by atoms with Crippen LogP contribution in [-0.2, 0) is 29.1 Å². The van der Waals surface area contributed by atoms with Gasteiger partial charge in [0.2, 0.25) is 5.91 Å². The van der Waals surface area contributed by atoms with Crippen molar-refractivity contribution in [2.75, 3.05) is 6.61 Å². The Hall–Kier alpha value is -1.36. The van der Waals surface area contributed by atoms with Crippen LogP contribution in [0.25, 0.3) is 0 Å². The zero-order valence-electron chi connectivity index (χ0n) is 9.08. The van der Waals surface area contributed by atoms with Gasteiger partial charge in [-0.15, -0.1) is 0 Å². The SMILES string of the molecule is O=C(NCc1n[nH]c2c1COCC2)C1CC1. The van der Waals surface area contributed by atoms with Crippen LogP contribution in [-0.4, -0.2) is 22.7 Å². The van der Waals surface area contributed by atoms with E-state index in [1.165, 1.54) is 0 Å². The number of aromatic nitrogens is 2. The van der Waals surface area contributed by atoms with Crippen molar-refractivity contribution in [1.82, 2.24) is 15.5 Å². The summed E-state index contributed by atoms with van der Waals surface area (Å²) in [5.41, 5.74) is 3.20. The number of nitrogens with zero attached hydrogens (tertiary/aromatic N) is 1. The van der Waals surface area contributed by atoms with E-state index in [0.717, 1.165) is 42.8 Å². The summed E-state index contributed by atoms with van der Waals surface area (Å²) >= 11 is 0. The lowest BCUT2D eigenvalue weighted by Gasteiger charge is -2.12. The molecule has 2 heterocycles. The number of H-pyrrole nitrogens is 1. The molecule has 0 spiro atoms. The molecule has 0 atom stereocenters. The third-order valence-electron chi connectivity index (χ3n) is 3.16. The van der Waals surface area contributed by atoms with Crippen molar-refractivity contribution < 1.29 is 9.53 Å². The lowest BCUT2D eigenvalue weighted by atomic mass is 10.1. The minimum atomic E-state index is 0.161. The highest BCUT2D eigenvalue weighted by atomic mass is 16.5. The van der Waals surface area contributed by atoms with Crippen LogP contribution < -0.4 is 5.32 Å². The number of rotatable bonds is 3. The third kappa shape index (κ3) is 1.82. The number of hydrogen-bond donors (Lipinski definition) is 2. The van der Waals surface area contributed by atoms with Crippen molar-refractivity contribution in [1.29, 1.82) is 0 Å². The number of carbonyl (C=O) groups is 1. The first-order chi connectivity index (χ1) is 7.84. The fourth-order valence-electron chi connectivity index (χ4n) is 1.98. The molecular formula is C11H15N3O2. The molecule has 2 N–H and O–H groups in total. The van der Waals surface area contributed by atoms with E-state index in [1.54, 1.807) is 0 Å². The number of carbonyl (C=O) groups excluding carboxylic acids is 1. The Kier molecular flexibility index (Phi) is 2.40. The summed E-state index contributed by atoms with van der Waals surface area (Å²) < 4.78 is 5.39. The summed E-state index contributed by atoms with van der Waals surface area (Å²) in [4.78, 5) is 11.5. The molecule has 0 bridgehead atoms. The molecule has 1 amide bonds. The Bertz CT molecular complexity index is 409. The summed E-state index contributed by atoms with van der Waals surface area (Å²) in [7, 11) is 0. The summed E-state index contributed by atoms with van der Waals surface area (Å²) in [6.07, 6.45) is 2.96. The second-order valence-electron chi connectivity index (χ2n) is 4.42. The number of aromatic amines is 1. The Morgan fingerprint density at radius 3 is 3.25 bits per heavy atom. The molecule has 5 heteroatoms. The third-order valence-corrected chi connectivity index (χ3v) is 3.16. The van der Waals surface area contributed by atoms with E-state index in [0.29, 0.717) is 13.2 Å². The second-order valence-corrected chi connectivity index (χ2v) is 4.42. The fraction of sp³-hybridized carbons (Fsp3) is 0.636. The maximum absolute atomic E-state index is 11.5. The summed E-state index contributed by atoms with van der Waals surface area (Å²) in [6.45, 7) is 1.88. The highest BCUT2D eigenvalue weighted by Gasteiger charge is 2.29. The van der Waals surface area contributed by atoms with E-state index in [9.17, 15) is 4.79 Å². The molecule has 86 valence electrons. The van der Waals surface area contributed by atoms with E-state index in [1.807, 2.05) is 0 Å². The molecular weight excluding hydrogens is 206 g/mol. The molecule has 1 aromatic rings. The Morgan fingerprint density at radius 2 is 2.44 bits per heavy atom. The predicted octanol–water partition coefficient (Wildman–Crippen LogP) is 0.509. The average Bonchev–Trinajstić information content (AvgIpc) is 3.08. The highest BCUT2D eigenvalue weighted by Crippen LogP contribution is 2.29. The zero-order chi connectivity index (χ0) is 11.0. The maximum Gasteiger partial charge on any atom is 0.223 e. The first kappa shape index (κ1) is 9.84. The van der Waals surface area contributed by atoms with Gasteiger partial charge in [-0.3, -0.25) is 9.89 Å². The van der Waals surface area contributed by atoms with Crippen molar-refractivity contribution in [2.24, 2.45) is 5.92 Å². The molecule has 1 fully saturated rings. The smallest absolute Gasteiger partial charge is 0.223 e. The summed E-state index contributed by atoms with van der Waals surface area (Å²) in [5, 5.41) is 10.2. The number of hydrogen-bond acceptors (Lipinski definition) is 3. The van der Waals surface area contributed by atoms with Crippen LogP contribution in [0.2, 0.25) is 0 Å². The summed E-state index contributed by atoms with van der Waals surface area (Å²) in [6, 6.07) is 0. The van der Waals surface area contributed by atoms with Crippen LogP contribution >= 0.6 is 0 Å². The Morgan fingerprint density at radius 1 is 1.56 bits per heavy atom. The van der Waals surface area contributed by atoms with E-state index in [2.05, 4.69) is 15.5 Å². The normalized spacial score (nSPS) is 19.2. The van der Waals surface area contributed by atoms with Gasteiger partial charge in [-0.25, -0.2) is 0 Å². The van der Waals surface area contributed by atoms with Gasteiger partial charge in [-0.1, -0.05) is 0 Å². The Balaban J connectivity index is 1.65. The number of nitrogens with one attached hydrogen (secondary N) is 2. The van der Waals surface area contributed by atoms with Crippen molar-refractivity contribution in [3.8, 4) is 0 Å². The Labute approximate surface area is 93.6 Å². The van der Waals surface area contributed by atoms with Crippen LogP contribution in [0, 0.1) is 5.92 Å². The maximum atomic E-state index is 11.5. The molecule has 5 nitrogen and oxygen atoms in total. The van der Waals surface area contributed by atoms with Gasteiger partial charge >= 0.3 is 0 Å². The molecule has 1 aromatic heterocycles. The van der Waals surface area contributed by atoms with Crippen molar-refractivity contribution in [2.45, 2.75) is 32.4 Å². The van der Waals surface area contributed by atoms with Crippen LogP contribution in [0.3, 0.4) is 0 Å². The number of fused-ring (bicyclic) bond motifs is 1. The molecule has 0 saturated heterocycles. The van der Waals surface area contributed by atoms with Gasteiger partial charge < -0.3 is 10.1 Å². The molecule has 1 aliphatic heterocycles. The van der Waals surface area contributed by atoms with Gasteiger partial charge in [0, 0.05) is 23.6 Å². The molecule has 3 rings (SSSR count). The van der Waals surface area contributed by atoms with Crippen molar-refractivity contribution >= 4 is 5.91 Å². The van der Waals surface area contributed by atoms with Gasteiger partial charge in [0.1, 0.15) is 0 Å². The average molecular weight is 221 g/mol. The second kappa shape index (κ2) is 3.90. The van der Waals surface area contributed by atoms with E-state index < -0.39 is 0 Å². The first-order valence-corrected chi connectivity index (χ1v) is 5.75. The summed E-state index contributed by atoms with van der Waals surface area (Å²) in [5.74, 6) is 0.416. The molecule has 1 aliphatic carbocycles. The van der Waals surface area contributed by atoms with Crippen LogP contribution in [0.1, 0.15) is 29.8 Å². The largest absolute Gasteiger partial charge is 0.376 e. The monoisotopic (exact) mass is 221 g/mol. The number of ether oxygens (including phenoxy) is 1. The number of amides is 1. The lowest BCUT2D eigenvalue weighted by molar-refractivity contribution is -0.122. The molecule has 16 heavy (non-hydrogen) atoms. The molecule has 0 unspecified atom stereocenters. The minimum absolute atomic E-state index is 0.161. The van der Waals surface area contributed by atoms with E-state index >= 15 is 0 Å². The van der Waals surface area contributed by atoms with E-state index in [4.69, 9.17) is 4.74 Å². The topological polar surface area (TPSA) is 67.0 Å². The molecule has 0 radical (unpaired) electrons. The van der Waals surface area contributed by atoms with Crippen LogP contribution in [0.15, 0.2) is 0 Å². The van der Waals surface area contributed by atoms with E-state index in [-0.39, 0.29) is 11.8 Å². The fourth-order valence-corrected chi connectivity index (χ4v) is 1.98.